The number of amides is 3. The third-order valence-electron chi connectivity index (χ3n) is 10.0. The zero-order valence-electron chi connectivity index (χ0n) is 27.1. The van der Waals surface area contributed by atoms with Gasteiger partial charge in [-0.2, -0.15) is 0 Å². The van der Waals surface area contributed by atoms with Gasteiger partial charge in [-0.25, -0.2) is 0 Å². The van der Waals surface area contributed by atoms with Gasteiger partial charge in [0.15, 0.2) is 5.60 Å². The van der Waals surface area contributed by atoms with Gasteiger partial charge in [-0.05, 0) is 72.0 Å². The molecule has 9 nitrogen and oxygen atoms in total. The second-order valence-corrected chi connectivity index (χ2v) is 12.9. The Morgan fingerprint density at radius 2 is 1.67 bits per heavy atom. The molecule has 0 aromatic heterocycles. The molecule has 0 radical (unpaired) electrons. The Morgan fingerprint density at radius 1 is 0.958 bits per heavy atom. The number of anilines is 2. The number of benzene rings is 4. The van der Waals surface area contributed by atoms with E-state index in [-0.39, 0.29) is 42.7 Å². The maximum absolute atomic E-state index is 14.4. The lowest BCUT2D eigenvalue weighted by Crippen LogP contribution is -2.47. The monoisotopic (exact) mass is 645 g/mol. The van der Waals surface area contributed by atoms with Crippen LogP contribution in [0.2, 0.25) is 0 Å². The van der Waals surface area contributed by atoms with Crippen LogP contribution in [0.25, 0.3) is 0 Å². The van der Waals surface area contributed by atoms with Crippen molar-refractivity contribution in [3.05, 3.63) is 125 Å². The average Bonchev–Trinajstić information content (AvgIpc) is 3.57. The lowest BCUT2D eigenvalue weighted by molar-refractivity contribution is -0.151. The average molecular weight is 646 g/mol. The Labute approximate surface area is 280 Å². The number of aliphatic hydroxyl groups excluding tert-OH is 1. The number of methoxy groups -OCH3 is 1. The predicted molar refractivity (Wildman–Crippen MR) is 182 cm³/mol. The molecule has 3 aliphatic heterocycles. The molecule has 4 aromatic carbocycles. The fraction of sp³-hybridized carbons (Fsp3) is 0.308. The van der Waals surface area contributed by atoms with Gasteiger partial charge in [0, 0.05) is 29.3 Å². The summed E-state index contributed by atoms with van der Waals surface area (Å²) in [6, 6.07) is 29.8. The number of nitrogens with zero attached hydrogens (tertiary/aromatic N) is 2. The second-order valence-electron chi connectivity index (χ2n) is 12.9. The number of para-hydroxylation sites is 1. The fourth-order valence-electron chi connectivity index (χ4n) is 7.48. The molecule has 48 heavy (non-hydrogen) atoms. The minimum atomic E-state index is -1.18. The number of nitrogens with one attached hydrogen (secondary N) is 1. The topological polar surface area (TPSA) is 108 Å². The number of fused-ring (bicyclic) bond motifs is 3. The van der Waals surface area contributed by atoms with Gasteiger partial charge in [0.2, 0.25) is 5.91 Å². The molecule has 3 aliphatic rings. The van der Waals surface area contributed by atoms with Crippen molar-refractivity contribution in [2.24, 2.45) is 5.92 Å². The molecule has 246 valence electrons. The SMILES string of the molecule is COc1ccc(C(=O)Nc2ccc(CN3C(=O)[C@]4(O[C@H](CC(=O)N5Cc6ccccc6C[C@H]5CO)C[C@@H]4C)c4ccccc43)cc2)cc1. The Bertz CT molecular complexity index is 1840. The molecule has 1 saturated heterocycles. The molecule has 0 saturated carbocycles. The highest BCUT2D eigenvalue weighted by Gasteiger charge is 2.60. The molecule has 1 fully saturated rings. The molecule has 0 bridgehead atoms. The van der Waals surface area contributed by atoms with Crippen molar-refractivity contribution in [3.8, 4) is 5.75 Å². The normalized spacial score (nSPS) is 22.8. The summed E-state index contributed by atoms with van der Waals surface area (Å²) in [4.78, 5) is 44.4. The summed E-state index contributed by atoms with van der Waals surface area (Å²) in [5.41, 5.74) is 4.75. The zero-order valence-corrected chi connectivity index (χ0v) is 27.1. The number of carbonyl (C=O) groups excluding carboxylic acids is 3. The predicted octanol–water partition coefficient (Wildman–Crippen LogP) is 5.45. The van der Waals surface area contributed by atoms with Gasteiger partial charge >= 0.3 is 0 Å². The van der Waals surface area contributed by atoms with E-state index in [9.17, 15) is 19.5 Å². The number of hydrogen-bond acceptors (Lipinski definition) is 6. The Balaban J connectivity index is 1.05. The molecular formula is C39H39N3O6. The zero-order chi connectivity index (χ0) is 33.4. The molecule has 4 atom stereocenters. The minimum Gasteiger partial charge on any atom is -0.497 e. The largest absolute Gasteiger partial charge is 0.497 e. The van der Waals surface area contributed by atoms with E-state index in [0.29, 0.717) is 42.9 Å². The van der Waals surface area contributed by atoms with Crippen LogP contribution in [-0.4, -0.2) is 53.6 Å². The molecule has 9 heteroatoms. The van der Waals surface area contributed by atoms with Crippen LogP contribution in [0.3, 0.4) is 0 Å². The van der Waals surface area contributed by atoms with Crippen LogP contribution in [0.4, 0.5) is 11.4 Å². The van der Waals surface area contributed by atoms with Crippen molar-refractivity contribution in [1.29, 1.82) is 0 Å². The highest BCUT2D eigenvalue weighted by Crippen LogP contribution is 2.53. The molecule has 3 heterocycles. The van der Waals surface area contributed by atoms with Crippen molar-refractivity contribution in [3.63, 3.8) is 0 Å². The molecule has 3 amide bonds. The molecular weight excluding hydrogens is 606 g/mol. The van der Waals surface area contributed by atoms with Gasteiger partial charge < -0.3 is 29.7 Å². The van der Waals surface area contributed by atoms with Crippen molar-refractivity contribution in [2.75, 3.05) is 23.9 Å². The standard InChI is InChI=1S/C39H39N3O6/c1-25-19-33(21-36(44)41-23-29-8-4-3-7-28(29)20-31(41)24-43)48-39(25)34-9-5-6-10-35(34)42(38(39)46)22-26-11-15-30(16-12-26)40-37(45)27-13-17-32(47-2)18-14-27/h3-18,25,31,33,43H,19-24H2,1-2H3,(H,40,45)/t25-,31-,33-,39+/m0/s1. The third kappa shape index (κ3) is 5.63. The molecule has 4 aromatic rings. The summed E-state index contributed by atoms with van der Waals surface area (Å²) in [6.07, 6.45) is 0.885. The Hall–Kier alpha value is -4.99. The van der Waals surface area contributed by atoms with Crippen molar-refractivity contribution < 1.29 is 29.0 Å². The number of rotatable bonds is 8. The van der Waals surface area contributed by atoms with E-state index in [1.165, 1.54) is 0 Å². The van der Waals surface area contributed by atoms with Gasteiger partial charge in [-0.3, -0.25) is 14.4 Å². The molecule has 7 rings (SSSR count). The first-order chi connectivity index (χ1) is 23.3. The second kappa shape index (κ2) is 12.9. The van der Waals surface area contributed by atoms with E-state index in [0.717, 1.165) is 27.9 Å². The molecule has 0 aliphatic carbocycles. The van der Waals surface area contributed by atoms with Crippen molar-refractivity contribution in [2.45, 2.75) is 57.0 Å². The van der Waals surface area contributed by atoms with Crippen LogP contribution in [0.15, 0.2) is 97.1 Å². The molecule has 0 unspecified atom stereocenters. The summed E-state index contributed by atoms with van der Waals surface area (Å²) in [7, 11) is 1.58. The minimum absolute atomic E-state index is 0.0763. The first-order valence-electron chi connectivity index (χ1n) is 16.4. The van der Waals surface area contributed by atoms with E-state index in [1.807, 2.05) is 73.7 Å². The summed E-state index contributed by atoms with van der Waals surface area (Å²) in [5, 5.41) is 13.0. The van der Waals surface area contributed by atoms with E-state index < -0.39 is 11.7 Å². The Kier molecular flexibility index (Phi) is 8.49. The summed E-state index contributed by atoms with van der Waals surface area (Å²) < 4.78 is 11.9. The third-order valence-corrected chi connectivity index (χ3v) is 10.0. The quantitative estimate of drug-likeness (QED) is 0.264. The van der Waals surface area contributed by atoms with Crippen LogP contribution in [0.5, 0.6) is 5.75 Å². The van der Waals surface area contributed by atoms with E-state index in [4.69, 9.17) is 9.47 Å². The first-order valence-corrected chi connectivity index (χ1v) is 16.4. The van der Waals surface area contributed by atoms with Gasteiger partial charge in [-0.15, -0.1) is 0 Å². The maximum atomic E-state index is 14.4. The molecule has 2 N–H and O–H groups in total. The number of aliphatic hydroxyl groups is 1. The van der Waals surface area contributed by atoms with Gasteiger partial charge in [-0.1, -0.05) is 61.5 Å². The van der Waals surface area contributed by atoms with Crippen LogP contribution in [0, 0.1) is 5.92 Å². The number of hydrogen-bond donors (Lipinski definition) is 2. The lowest BCUT2D eigenvalue weighted by Gasteiger charge is -2.36. The first kappa shape index (κ1) is 31.6. The van der Waals surface area contributed by atoms with Crippen LogP contribution in [-0.2, 0) is 39.4 Å². The lowest BCUT2D eigenvalue weighted by atomic mass is 9.83. The highest BCUT2D eigenvalue weighted by atomic mass is 16.5. The van der Waals surface area contributed by atoms with Gasteiger partial charge in [0.1, 0.15) is 5.75 Å². The summed E-state index contributed by atoms with van der Waals surface area (Å²) in [6.45, 7) is 2.70. The molecule has 1 spiro atoms. The van der Waals surface area contributed by atoms with E-state index in [2.05, 4.69) is 11.4 Å². The van der Waals surface area contributed by atoms with Gasteiger partial charge in [0.25, 0.3) is 11.8 Å². The van der Waals surface area contributed by atoms with E-state index >= 15 is 0 Å². The number of ether oxygens (including phenoxy) is 2. The van der Waals surface area contributed by atoms with Crippen LogP contribution in [0.1, 0.15) is 52.4 Å². The van der Waals surface area contributed by atoms with Gasteiger partial charge in [0.05, 0.1) is 44.5 Å². The Morgan fingerprint density at radius 3 is 2.40 bits per heavy atom. The highest BCUT2D eigenvalue weighted by molar-refractivity contribution is 6.07. The van der Waals surface area contributed by atoms with Crippen LogP contribution < -0.4 is 15.0 Å². The van der Waals surface area contributed by atoms with E-state index in [1.54, 1.807) is 41.2 Å². The fourth-order valence-corrected chi connectivity index (χ4v) is 7.48. The smallest absolute Gasteiger partial charge is 0.264 e. The van der Waals surface area contributed by atoms with Crippen molar-refractivity contribution >= 4 is 29.1 Å². The summed E-state index contributed by atoms with van der Waals surface area (Å²) >= 11 is 0. The van der Waals surface area contributed by atoms with Crippen LogP contribution >= 0.6 is 0 Å². The maximum Gasteiger partial charge on any atom is 0.264 e. The van der Waals surface area contributed by atoms with Crippen molar-refractivity contribution in [1.82, 2.24) is 4.90 Å². The number of carbonyl (C=O) groups is 3. The summed E-state index contributed by atoms with van der Waals surface area (Å²) in [5.74, 6) is 0.0848.